The Hall–Kier alpha value is -2.69. The zero-order chi connectivity index (χ0) is 20.1. The van der Waals surface area contributed by atoms with Gasteiger partial charge in [-0.3, -0.25) is 4.79 Å². The number of nitrogens with zero attached hydrogens (tertiary/aromatic N) is 4. The third kappa shape index (κ3) is 3.93. The number of nitrogens with one attached hydrogen (secondary N) is 1. The van der Waals surface area contributed by atoms with E-state index in [2.05, 4.69) is 20.3 Å². The van der Waals surface area contributed by atoms with Gasteiger partial charge in [-0.1, -0.05) is 23.9 Å². The zero-order valence-corrected chi connectivity index (χ0v) is 16.8. The molecule has 2 aromatic heterocycles. The summed E-state index contributed by atoms with van der Waals surface area (Å²) in [7, 11) is 4.62. The van der Waals surface area contributed by atoms with Gasteiger partial charge in [-0.15, -0.1) is 0 Å². The monoisotopic (exact) mass is 403 g/mol. The van der Waals surface area contributed by atoms with Crippen molar-refractivity contribution in [1.82, 2.24) is 19.5 Å². The molecule has 0 aliphatic heterocycles. The van der Waals surface area contributed by atoms with E-state index in [0.717, 1.165) is 0 Å². The molecule has 0 aliphatic rings. The second kappa shape index (κ2) is 9.00. The molecular formula is C18H21N5O4S. The van der Waals surface area contributed by atoms with Crippen molar-refractivity contribution in [2.24, 2.45) is 0 Å². The molecular weight excluding hydrogens is 382 g/mol. The van der Waals surface area contributed by atoms with Gasteiger partial charge < -0.3 is 19.5 Å². The fraction of sp³-hybridized carbons (Fsp3) is 0.333. The Labute approximate surface area is 166 Å². The number of methoxy groups -OCH3 is 3. The van der Waals surface area contributed by atoms with Gasteiger partial charge in [-0.25, -0.2) is 14.5 Å². The molecule has 0 atom stereocenters. The molecule has 0 fully saturated rings. The maximum Gasteiger partial charge on any atom is 0.270 e. The molecule has 28 heavy (non-hydrogen) atoms. The van der Waals surface area contributed by atoms with Crippen LogP contribution >= 0.6 is 11.8 Å². The SMILES string of the molecule is COc1ccccc1-n1c(NCC(OC)OC)nc2nc(SC)ncc2c1=O. The van der Waals surface area contributed by atoms with Gasteiger partial charge in [0.2, 0.25) is 5.95 Å². The smallest absolute Gasteiger partial charge is 0.270 e. The highest BCUT2D eigenvalue weighted by atomic mass is 32.2. The summed E-state index contributed by atoms with van der Waals surface area (Å²) in [5.74, 6) is 0.831. The van der Waals surface area contributed by atoms with Gasteiger partial charge in [0.15, 0.2) is 17.1 Å². The summed E-state index contributed by atoms with van der Waals surface area (Å²) in [6.07, 6.45) is 2.84. The molecule has 1 aromatic carbocycles. The minimum Gasteiger partial charge on any atom is -0.495 e. The van der Waals surface area contributed by atoms with E-state index in [1.807, 2.05) is 18.4 Å². The Morgan fingerprint density at radius 2 is 1.93 bits per heavy atom. The van der Waals surface area contributed by atoms with E-state index in [9.17, 15) is 4.79 Å². The van der Waals surface area contributed by atoms with E-state index in [-0.39, 0.29) is 12.1 Å². The lowest BCUT2D eigenvalue weighted by Gasteiger charge is -2.19. The molecule has 1 N–H and O–H groups in total. The van der Waals surface area contributed by atoms with Crippen molar-refractivity contribution in [3.63, 3.8) is 0 Å². The number of thioether (sulfide) groups is 1. The van der Waals surface area contributed by atoms with Crippen molar-refractivity contribution < 1.29 is 14.2 Å². The van der Waals surface area contributed by atoms with E-state index >= 15 is 0 Å². The highest BCUT2D eigenvalue weighted by molar-refractivity contribution is 7.98. The lowest BCUT2D eigenvalue weighted by Crippen LogP contribution is -2.29. The van der Waals surface area contributed by atoms with Crippen LogP contribution in [0.1, 0.15) is 0 Å². The Morgan fingerprint density at radius 1 is 1.18 bits per heavy atom. The van der Waals surface area contributed by atoms with Crippen LogP contribution in [0.2, 0.25) is 0 Å². The molecule has 2 heterocycles. The maximum absolute atomic E-state index is 13.3. The summed E-state index contributed by atoms with van der Waals surface area (Å²) in [6, 6.07) is 7.20. The van der Waals surface area contributed by atoms with Crippen molar-refractivity contribution in [2.45, 2.75) is 11.4 Å². The average molecular weight is 403 g/mol. The van der Waals surface area contributed by atoms with Gasteiger partial charge in [-0.05, 0) is 18.4 Å². The van der Waals surface area contributed by atoms with Crippen LogP contribution in [0.15, 0.2) is 40.4 Å². The normalized spacial score (nSPS) is 11.2. The molecule has 0 saturated heterocycles. The summed E-state index contributed by atoms with van der Waals surface area (Å²) in [5, 5.41) is 3.96. The van der Waals surface area contributed by atoms with Gasteiger partial charge in [0.05, 0.1) is 19.3 Å². The molecule has 10 heteroatoms. The first-order valence-electron chi connectivity index (χ1n) is 8.39. The quantitative estimate of drug-likeness (QED) is 0.343. The predicted octanol–water partition coefficient (Wildman–Crippen LogP) is 1.94. The largest absolute Gasteiger partial charge is 0.495 e. The highest BCUT2D eigenvalue weighted by Crippen LogP contribution is 2.24. The van der Waals surface area contributed by atoms with Gasteiger partial charge in [0.1, 0.15) is 11.1 Å². The number of ether oxygens (including phenoxy) is 3. The van der Waals surface area contributed by atoms with Crippen LogP contribution in [0.25, 0.3) is 16.7 Å². The van der Waals surface area contributed by atoms with E-state index in [0.29, 0.717) is 33.6 Å². The van der Waals surface area contributed by atoms with Crippen LogP contribution in [0, 0.1) is 0 Å². The highest BCUT2D eigenvalue weighted by Gasteiger charge is 2.18. The molecule has 0 saturated carbocycles. The average Bonchev–Trinajstić information content (AvgIpc) is 2.74. The summed E-state index contributed by atoms with van der Waals surface area (Å²) < 4.78 is 17.3. The van der Waals surface area contributed by atoms with Crippen LogP contribution < -0.4 is 15.6 Å². The lowest BCUT2D eigenvalue weighted by molar-refractivity contribution is -0.0915. The minimum atomic E-state index is -0.508. The molecule has 0 spiro atoms. The first kappa shape index (κ1) is 20.1. The Bertz CT molecular complexity index is 1020. The summed E-state index contributed by atoms with van der Waals surface area (Å²) in [4.78, 5) is 26.4. The van der Waals surface area contributed by atoms with Gasteiger partial charge in [0, 0.05) is 20.4 Å². The number of hydrogen-bond acceptors (Lipinski definition) is 9. The third-order valence-electron chi connectivity index (χ3n) is 4.06. The van der Waals surface area contributed by atoms with Crippen molar-refractivity contribution in [3.8, 4) is 11.4 Å². The predicted molar refractivity (Wildman–Crippen MR) is 108 cm³/mol. The zero-order valence-electron chi connectivity index (χ0n) is 16.0. The number of rotatable bonds is 8. The summed E-state index contributed by atoms with van der Waals surface area (Å²) in [5.41, 5.74) is 0.549. The molecule has 0 bridgehead atoms. The number of benzene rings is 1. The van der Waals surface area contributed by atoms with Crippen LogP contribution in [-0.4, -0.2) is 59.9 Å². The maximum atomic E-state index is 13.3. The molecule has 0 aliphatic carbocycles. The van der Waals surface area contributed by atoms with Gasteiger partial charge >= 0.3 is 0 Å². The van der Waals surface area contributed by atoms with Crippen LogP contribution in [0.4, 0.5) is 5.95 Å². The summed E-state index contributed by atoms with van der Waals surface area (Å²) in [6.45, 7) is 0.278. The number of para-hydroxylation sites is 2. The van der Waals surface area contributed by atoms with E-state index in [1.165, 1.54) is 36.7 Å². The van der Waals surface area contributed by atoms with Crippen molar-refractivity contribution in [3.05, 3.63) is 40.8 Å². The van der Waals surface area contributed by atoms with Crippen LogP contribution in [0.3, 0.4) is 0 Å². The first-order valence-corrected chi connectivity index (χ1v) is 9.62. The Balaban J connectivity index is 2.22. The van der Waals surface area contributed by atoms with E-state index in [1.54, 1.807) is 19.2 Å². The minimum absolute atomic E-state index is 0.278. The van der Waals surface area contributed by atoms with Crippen LogP contribution in [0.5, 0.6) is 5.75 Å². The second-order valence-electron chi connectivity index (χ2n) is 5.62. The Kier molecular flexibility index (Phi) is 6.45. The fourth-order valence-electron chi connectivity index (χ4n) is 2.65. The number of anilines is 1. The summed E-state index contributed by atoms with van der Waals surface area (Å²) >= 11 is 1.38. The van der Waals surface area contributed by atoms with Crippen LogP contribution in [-0.2, 0) is 9.47 Å². The molecule has 0 radical (unpaired) electrons. The molecule has 0 unspecified atom stereocenters. The Morgan fingerprint density at radius 3 is 2.61 bits per heavy atom. The molecule has 0 amide bonds. The topological polar surface area (TPSA) is 100 Å². The van der Waals surface area contributed by atoms with E-state index in [4.69, 9.17) is 14.2 Å². The standard InChI is InChI=1S/C18H21N5O4S/c1-25-13-8-6-5-7-12(13)23-16(24)11-9-20-18(28-4)22-15(11)21-17(23)19-10-14(26-2)27-3/h5-9,14H,10H2,1-4H3,(H,19,20,21,22). The first-order chi connectivity index (χ1) is 13.6. The van der Waals surface area contributed by atoms with Crippen molar-refractivity contribution >= 4 is 28.7 Å². The van der Waals surface area contributed by atoms with Gasteiger partial charge in [0.25, 0.3) is 5.56 Å². The molecule has 3 rings (SSSR count). The van der Waals surface area contributed by atoms with Gasteiger partial charge in [-0.2, -0.15) is 4.98 Å². The van der Waals surface area contributed by atoms with Crippen molar-refractivity contribution in [2.75, 3.05) is 39.4 Å². The fourth-order valence-corrected chi connectivity index (χ4v) is 2.99. The lowest BCUT2D eigenvalue weighted by atomic mass is 10.2. The second-order valence-corrected chi connectivity index (χ2v) is 6.40. The molecule has 3 aromatic rings. The number of hydrogen-bond donors (Lipinski definition) is 1. The molecule has 9 nitrogen and oxygen atoms in total. The van der Waals surface area contributed by atoms with E-state index < -0.39 is 6.29 Å². The van der Waals surface area contributed by atoms with Crippen molar-refractivity contribution in [1.29, 1.82) is 0 Å². The molecule has 148 valence electrons. The third-order valence-corrected chi connectivity index (χ3v) is 4.63. The number of aromatic nitrogens is 4. The number of fused-ring (bicyclic) bond motifs is 1.